The molecule has 1 aromatic carbocycles. The average molecular weight is 206 g/mol. The Labute approximate surface area is 90.0 Å². The number of benzene rings is 1. The van der Waals surface area contributed by atoms with Crippen LogP contribution in [-0.4, -0.2) is 25.2 Å². The summed E-state index contributed by atoms with van der Waals surface area (Å²) in [4.78, 5) is 2.27. The fourth-order valence-electron chi connectivity index (χ4n) is 2.17. The lowest BCUT2D eigenvalue weighted by molar-refractivity contribution is 0.589. The van der Waals surface area contributed by atoms with E-state index in [0.29, 0.717) is 6.54 Å². The highest BCUT2D eigenvalue weighted by Crippen LogP contribution is 2.25. The molecule has 0 aromatic heterocycles. The Morgan fingerprint density at radius 1 is 1.27 bits per heavy atom. The molecule has 0 spiro atoms. The molecule has 0 radical (unpaired) electrons. The van der Waals surface area contributed by atoms with Crippen LogP contribution in [0.15, 0.2) is 24.3 Å². The number of hydrogen-bond donors (Lipinski definition) is 3. The zero-order valence-corrected chi connectivity index (χ0v) is 8.76. The summed E-state index contributed by atoms with van der Waals surface area (Å²) in [6.07, 6.45) is 1.01. The first-order valence-corrected chi connectivity index (χ1v) is 5.30. The van der Waals surface area contributed by atoms with Crippen LogP contribution in [0, 0.1) is 0 Å². The Morgan fingerprint density at radius 2 is 1.93 bits per heavy atom. The Kier molecular flexibility index (Phi) is 2.79. The van der Waals surface area contributed by atoms with Crippen LogP contribution in [0.25, 0.3) is 0 Å². The normalized spacial score (nSPS) is 25.9. The minimum Gasteiger partial charge on any atom is -0.399 e. The summed E-state index contributed by atoms with van der Waals surface area (Å²) in [5.41, 5.74) is 19.3. The van der Waals surface area contributed by atoms with E-state index in [-0.39, 0.29) is 12.1 Å². The first-order chi connectivity index (χ1) is 7.22. The zero-order chi connectivity index (χ0) is 10.8. The molecule has 4 nitrogen and oxygen atoms in total. The van der Waals surface area contributed by atoms with Gasteiger partial charge in [0.25, 0.3) is 0 Å². The smallest absolute Gasteiger partial charge is 0.0563 e. The Bertz CT molecular complexity index is 322. The molecular formula is C11H18N4. The fraction of sp³-hybridized carbons (Fsp3) is 0.455. The molecule has 1 aliphatic rings. The van der Waals surface area contributed by atoms with E-state index >= 15 is 0 Å². The maximum Gasteiger partial charge on any atom is 0.0563 e. The second-order valence-electron chi connectivity index (χ2n) is 4.04. The molecule has 82 valence electrons. The van der Waals surface area contributed by atoms with Crippen molar-refractivity contribution >= 4 is 11.4 Å². The van der Waals surface area contributed by atoms with Crippen LogP contribution >= 0.6 is 0 Å². The van der Waals surface area contributed by atoms with Gasteiger partial charge >= 0.3 is 0 Å². The summed E-state index contributed by atoms with van der Waals surface area (Å²) in [6, 6.07) is 8.31. The highest BCUT2D eigenvalue weighted by molar-refractivity contribution is 5.54. The van der Waals surface area contributed by atoms with Crippen molar-refractivity contribution in [3.63, 3.8) is 0 Å². The van der Waals surface area contributed by atoms with E-state index < -0.39 is 0 Å². The minimum absolute atomic E-state index is 0.188. The lowest BCUT2D eigenvalue weighted by Crippen LogP contribution is -2.44. The molecule has 6 N–H and O–H groups in total. The molecule has 1 aliphatic heterocycles. The summed E-state index contributed by atoms with van der Waals surface area (Å²) in [7, 11) is 0. The molecule has 0 aliphatic carbocycles. The third-order valence-electron chi connectivity index (χ3n) is 3.06. The molecule has 15 heavy (non-hydrogen) atoms. The standard InChI is InChI=1S/C11H18N4/c12-7-11-10(14)5-6-15(11)9-3-1-8(13)2-4-9/h1-4,10-11H,5-7,12-14H2. The third kappa shape index (κ3) is 1.91. The summed E-state index contributed by atoms with van der Waals surface area (Å²) in [5.74, 6) is 0. The molecule has 2 unspecified atom stereocenters. The fourth-order valence-corrected chi connectivity index (χ4v) is 2.17. The van der Waals surface area contributed by atoms with Gasteiger partial charge in [0, 0.05) is 30.5 Å². The number of hydrogen-bond acceptors (Lipinski definition) is 4. The lowest BCUT2D eigenvalue weighted by atomic mass is 10.1. The van der Waals surface area contributed by atoms with Gasteiger partial charge in [-0.1, -0.05) is 0 Å². The van der Waals surface area contributed by atoms with Crippen molar-refractivity contribution in [2.75, 3.05) is 23.7 Å². The summed E-state index contributed by atoms with van der Waals surface area (Å²) in [6.45, 7) is 1.58. The largest absolute Gasteiger partial charge is 0.399 e. The van der Waals surface area contributed by atoms with Crippen molar-refractivity contribution in [3.8, 4) is 0 Å². The number of nitrogen functional groups attached to an aromatic ring is 1. The zero-order valence-electron chi connectivity index (χ0n) is 8.76. The van der Waals surface area contributed by atoms with Crippen molar-refractivity contribution in [2.45, 2.75) is 18.5 Å². The van der Waals surface area contributed by atoms with Gasteiger partial charge in [-0.05, 0) is 30.7 Å². The summed E-state index contributed by atoms with van der Waals surface area (Å²) >= 11 is 0. The van der Waals surface area contributed by atoms with Gasteiger partial charge in [0.05, 0.1) is 6.04 Å². The van der Waals surface area contributed by atoms with E-state index in [9.17, 15) is 0 Å². The maximum absolute atomic E-state index is 6.00. The maximum atomic E-state index is 6.00. The van der Waals surface area contributed by atoms with E-state index in [1.165, 1.54) is 0 Å². The van der Waals surface area contributed by atoms with E-state index in [1.54, 1.807) is 0 Å². The molecule has 2 rings (SSSR count). The summed E-state index contributed by atoms with van der Waals surface area (Å²) in [5, 5.41) is 0. The molecule has 1 fully saturated rings. The van der Waals surface area contributed by atoms with Gasteiger partial charge < -0.3 is 22.1 Å². The molecule has 1 heterocycles. The predicted octanol–water partition coefficient (Wildman–Crippen LogP) is 0.134. The van der Waals surface area contributed by atoms with Crippen molar-refractivity contribution < 1.29 is 0 Å². The van der Waals surface area contributed by atoms with Crippen LogP contribution < -0.4 is 22.1 Å². The van der Waals surface area contributed by atoms with E-state index in [0.717, 1.165) is 24.3 Å². The van der Waals surface area contributed by atoms with Crippen LogP contribution in [-0.2, 0) is 0 Å². The van der Waals surface area contributed by atoms with Crippen LogP contribution in [0.5, 0.6) is 0 Å². The Hall–Kier alpha value is -1.26. The molecule has 0 saturated carbocycles. The predicted molar refractivity (Wildman–Crippen MR) is 63.6 cm³/mol. The highest BCUT2D eigenvalue weighted by atomic mass is 15.2. The molecule has 1 saturated heterocycles. The molecule has 2 atom stereocenters. The monoisotopic (exact) mass is 206 g/mol. The van der Waals surface area contributed by atoms with Gasteiger partial charge in [-0.25, -0.2) is 0 Å². The Morgan fingerprint density at radius 3 is 2.53 bits per heavy atom. The van der Waals surface area contributed by atoms with Crippen LogP contribution in [0.3, 0.4) is 0 Å². The van der Waals surface area contributed by atoms with Crippen molar-refractivity contribution in [1.82, 2.24) is 0 Å². The van der Waals surface area contributed by atoms with Crippen molar-refractivity contribution in [3.05, 3.63) is 24.3 Å². The van der Waals surface area contributed by atoms with E-state index in [4.69, 9.17) is 17.2 Å². The molecular weight excluding hydrogens is 188 g/mol. The van der Waals surface area contributed by atoms with Gasteiger partial charge in [0.15, 0.2) is 0 Å². The second-order valence-corrected chi connectivity index (χ2v) is 4.04. The minimum atomic E-state index is 0.188. The average Bonchev–Trinajstić information content (AvgIpc) is 2.61. The van der Waals surface area contributed by atoms with Crippen molar-refractivity contribution in [1.29, 1.82) is 0 Å². The number of anilines is 2. The lowest BCUT2D eigenvalue weighted by Gasteiger charge is -2.27. The van der Waals surface area contributed by atoms with Crippen LogP contribution in [0.1, 0.15) is 6.42 Å². The van der Waals surface area contributed by atoms with Gasteiger partial charge in [0.2, 0.25) is 0 Å². The number of nitrogens with zero attached hydrogens (tertiary/aromatic N) is 1. The number of rotatable bonds is 2. The van der Waals surface area contributed by atoms with Gasteiger partial charge in [-0.2, -0.15) is 0 Å². The SMILES string of the molecule is NCC1C(N)CCN1c1ccc(N)cc1. The van der Waals surface area contributed by atoms with Gasteiger partial charge in [-0.3, -0.25) is 0 Å². The second kappa shape index (κ2) is 4.08. The molecule has 0 bridgehead atoms. The van der Waals surface area contributed by atoms with E-state index in [2.05, 4.69) is 4.90 Å². The molecule has 1 aromatic rings. The summed E-state index contributed by atoms with van der Waals surface area (Å²) < 4.78 is 0. The molecule has 4 heteroatoms. The quantitative estimate of drug-likeness (QED) is 0.601. The number of nitrogens with two attached hydrogens (primary N) is 3. The van der Waals surface area contributed by atoms with Gasteiger partial charge in [-0.15, -0.1) is 0 Å². The molecule has 0 amide bonds. The van der Waals surface area contributed by atoms with Crippen molar-refractivity contribution in [2.24, 2.45) is 11.5 Å². The first-order valence-electron chi connectivity index (χ1n) is 5.30. The van der Waals surface area contributed by atoms with Crippen LogP contribution in [0.4, 0.5) is 11.4 Å². The van der Waals surface area contributed by atoms with Crippen LogP contribution in [0.2, 0.25) is 0 Å². The highest BCUT2D eigenvalue weighted by Gasteiger charge is 2.30. The third-order valence-corrected chi connectivity index (χ3v) is 3.06. The Balaban J connectivity index is 2.20. The van der Waals surface area contributed by atoms with Gasteiger partial charge in [0.1, 0.15) is 0 Å². The van der Waals surface area contributed by atoms with E-state index in [1.807, 2.05) is 24.3 Å². The first kappa shape index (κ1) is 10.3. The topological polar surface area (TPSA) is 81.3 Å².